The first kappa shape index (κ1) is 67.1. The number of aromatic nitrogens is 9. The van der Waals surface area contributed by atoms with Crippen LogP contribution in [0.15, 0.2) is 200 Å². The van der Waals surface area contributed by atoms with Crippen molar-refractivity contribution in [1.82, 2.24) is 43.5 Å². The lowest BCUT2D eigenvalue weighted by atomic mass is 10.1. The van der Waals surface area contributed by atoms with E-state index in [0.717, 1.165) is 17.4 Å². The van der Waals surface area contributed by atoms with Crippen LogP contribution in [-0.4, -0.2) is 85.0 Å². The molecule has 0 fully saturated rings. The molecule has 1 aliphatic rings. The van der Waals surface area contributed by atoms with E-state index in [1.165, 1.54) is 30.4 Å². The molecule has 7 aromatic heterocycles. The van der Waals surface area contributed by atoms with Crippen molar-refractivity contribution in [3.63, 3.8) is 0 Å². The lowest BCUT2D eigenvalue weighted by Crippen LogP contribution is -2.14. The molecule has 4 N–H and O–H groups in total. The zero-order chi connectivity index (χ0) is 70.4. The van der Waals surface area contributed by atoms with Gasteiger partial charge in [-0.05, 0) is 99.6 Å². The van der Waals surface area contributed by atoms with Crippen LogP contribution in [0.2, 0.25) is 5.02 Å². The minimum Gasteiger partial charge on any atom is -0.497 e. The van der Waals surface area contributed by atoms with Crippen LogP contribution in [-0.2, 0) is 43.7 Å². The minimum absolute atomic E-state index is 0.000488. The molecule has 0 spiro atoms. The fourth-order valence-corrected chi connectivity index (χ4v) is 11.4. The summed E-state index contributed by atoms with van der Waals surface area (Å²) in [7, 11) is 3.16. The quantitative estimate of drug-likeness (QED) is 0.0515. The summed E-state index contributed by atoms with van der Waals surface area (Å²) in [5.41, 5.74) is 4.01. The van der Waals surface area contributed by atoms with Crippen LogP contribution in [0.4, 0.5) is 40.3 Å². The van der Waals surface area contributed by atoms with Gasteiger partial charge in [0.15, 0.2) is 41.2 Å². The lowest BCUT2D eigenvalue weighted by molar-refractivity contribution is -0.137. The number of para-hydroxylation sites is 5. The molecule has 14 aromatic rings. The number of alkyl halides is 3. The van der Waals surface area contributed by atoms with Gasteiger partial charge in [0.2, 0.25) is 23.5 Å². The van der Waals surface area contributed by atoms with Crippen molar-refractivity contribution in [2.75, 3.05) is 21.0 Å². The Morgan fingerprint density at radius 3 is 1.47 bits per heavy atom. The third-order valence-corrected chi connectivity index (χ3v) is 16.2. The molecule has 100 heavy (non-hydrogen) atoms. The van der Waals surface area contributed by atoms with E-state index in [1.54, 1.807) is 117 Å². The molecule has 0 saturated carbocycles. The second kappa shape index (κ2) is 28.8. The number of pyridine rings is 1. The van der Waals surface area contributed by atoms with Crippen LogP contribution in [0, 0.1) is 25.4 Å². The molecule has 7 aromatic carbocycles. The van der Waals surface area contributed by atoms with Crippen LogP contribution >= 0.6 is 11.6 Å². The highest BCUT2D eigenvalue weighted by Gasteiger charge is 2.32. The van der Waals surface area contributed by atoms with Crippen LogP contribution in [0.25, 0.3) is 66.5 Å². The number of fused-ring (bicyclic) bond motifs is 5. The fourth-order valence-electron chi connectivity index (χ4n) is 11.2. The van der Waals surface area contributed by atoms with Crippen LogP contribution in [0.5, 0.6) is 40.8 Å². The average molecular weight is 1380 g/mol. The summed E-state index contributed by atoms with van der Waals surface area (Å²) >= 11 is 5.89. The van der Waals surface area contributed by atoms with E-state index in [0.29, 0.717) is 101 Å². The van der Waals surface area contributed by atoms with Gasteiger partial charge >= 0.3 is 6.18 Å². The van der Waals surface area contributed by atoms with Gasteiger partial charge in [-0.25, -0.2) is 4.39 Å². The smallest absolute Gasteiger partial charge is 0.417 e. The Balaban J connectivity index is 0.000000126. The molecule has 0 bridgehead atoms. The maximum Gasteiger partial charge on any atom is 0.417 e. The van der Waals surface area contributed by atoms with Crippen molar-refractivity contribution in [3.05, 3.63) is 234 Å². The minimum atomic E-state index is -4.55. The van der Waals surface area contributed by atoms with Crippen LogP contribution in [0.1, 0.15) is 34.0 Å². The normalized spacial score (nSPS) is 11.8. The van der Waals surface area contributed by atoms with Gasteiger partial charge in [0.25, 0.3) is 11.8 Å². The molecule has 0 saturated heterocycles. The Bertz CT molecular complexity index is 5400. The van der Waals surface area contributed by atoms with Gasteiger partial charge in [-0.3, -0.25) is 4.98 Å². The Hall–Kier alpha value is -12.9. The molecule has 1 aliphatic heterocycles. The predicted octanol–water partition coefficient (Wildman–Crippen LogP) is 16.4. The first-order chi connectivity index (χ1) is 48.4. The van der Waals surface area contributed by atoms with E-state index < -0.39 is 23.4 Å². The van der Waals surface area contributed by atoms with Gasteiger partial charge in [0.05, 0.1) is 90.9 Å². The third-order valence-electron chi connectivity index (χ3n) is 15.9. The van der Waals surface area contributed by atoms with E-state index in [2.05, 4.69) is 46.0 Å². The second-order valence-corrected chi connectivity index (χ2v) is 22.1. The number of hydrogen-bond donors (Lipinski definition) is 4. The van der Waals surface area contributed by atoms with Gasteiger partial charge in [0.1, 0.15) is 23.1 Å². The fraction of sp³-hybridized carbons (Fsp3) is 0.132. The molecule has 0 aliphatic carbocycles. The highest BCUT2D eigenvalue weighted by molar-refractivity contribution is 6.31. The number of rotatable bonds is 16. The molecule has 8 heterocycles. The van der Waals surface area contributed by atoms with E-state index in [-0.39, 0.29) is 90.7 Å². The first-order valence-electron chi connectivity index (χ1n) is 29.7. The van der Waals surface area contributed by atoms with Crippen LogP contribution < -0.4 is 14.2 Å². The maximum absolute atomic E-state index is 13.9. The summed E-state index contributed by atoms with van der Waals surface area (Å²) in [5.74, 6) is 1.73. The molecule has 32 heteroatoms. The van der Waals surface area contributed by atoms with Gasteiger partial charge in [0, 0.05) is 44.4 Å². The molecule has 15 rings (SSSR count). The summed E-state index contributed by atoms with van der Waals surface area (Å²) in [6.45, 7) is 0.646. The monoisotopic (exact) mass is 1380 g/mol. The van der Waals surface area contributed by atoms with Crippen molar-refractivity contribution >= 4 is 78.0 Å². The van der Waals surface area contributed by atoms with Crippen molar-refractivity contribution < 1.29 is 66.0 Å². The van der Waals surface area contributed by atoms with E-state index >= 15 is 0 Å². The van der Waals surface area contributed by atoms with E-state index in [9.17, 15) is 57.6 Å². The molecule has 0 radical (unpaired) electrons. The summed E-state index contributed by atoms with van der Waals surface area (Å²) in [4.78, 5) is 56.6. The predicted molar refractivity (Wildman–Crippen MR) is 356 cm³/mol. The number of methoxy groups -OCH3 is 2. The molecule has 0 atom stereocenters. The van der Waals surface area contributed by atoms with Gasteiger partial charge in [-0.1, -0.05) is 107 Å². The highest BCUT2D eigenvalue weighted by Crippen LogP contribution is 2.44. The Morgan fingerprint density at radius 1 is 0.550 bits per heavy atom. The Morgan fingerprint density at radius 2 is 1.00 bits per heavy atom. The summed E-state index contributed by atoms with van der Waals surface area (Å²) in [6, 6.07) is 45.8. The summed E-state index contributed by atoms with van der Waals surface area (Å²) < 4.78 is 89.5. The van der Waals surface area contributed by atoms with Crippen LogP contribution in [0.3, 0.4) is 0 Å². The van der Waals surface area contributed by atoms with E-state index in [4.69, 9.17) is 39.6 Å². The SMILES string of the molecule is COc1ccc(-c2nc(Cn3c(O)c(N=O)c4ccccc43)no2)cc1.COc1ccccc1-c1nc(Cn2c(O)c(N=O)c3ccccc32)no1.O=Nc1c(O)n(Cc2cc(F)cc3c2OCOC3)c2ccccc12.O=Nc1c(O)n(Cc2ncc(C(F)(F)F)cc2Cl)c2ccccc12. The molecule has 0 unspecified atom stereocenters. The second-order valence-electron chi connectivity index (χ2n) is 21.7. The number of nitrogens with zero attached hydrogens (tertiary/aromatic N) is 13. The van der Waals surface area contributed by atoms with Gasteiger partial charge in [-0.2, -0.15) is 23.1 Å². The maximum atomic E-state index is 13.9. The van der Waals surface area contributed by atoms with Crippen molar-refractivity contribution in [2.24, 2.45) is 20.7 Å². The molecular formula is C68H50ClF4N13O14. The first-order valence-corrected chi connectivity index (χ1v) is 30.0. The number of nitroso groups, excluding NO2 is 4. The number of ether oxygens (including phenoxy) is 4. The number of aromatic hydroxyl groups is 4. The topological polar surface area (TPSA) is 346 Å². The number of benzene rings is 7. The highest BCUT2D eigenvalue weighted by atomic mass is 35.5. The van der Waals surface area contributed by atoms with Crippen molar-refractivity contribution in [2.45, 2.75) is 39.0 Å². The average Bonchev–Trinajstić information content (AvgIpc) is 1.64. The summed E-state index contributed by atoms with van der Waals surface area (Å²) in [6.07, 6.45) is -3.88. The van der Waals surface area contributed by atoms with Crippen molar-refractivity contribution in [3.8, 4) is 63.7 Å². The number of hydrogen-bond acceptors (Lipinski definition) is 23. The van der Waals surface area contributed by atoms with Crippen molar-refractivity contribution in [1.29, 1.82) is 0 Å². The number of halogens is 5. The third kappa shape index (κ3) is 13.4. The lowest BCUT2D eigenvalue weighted by Gasteiger charge is -2.21. The Kier molecular flexibility index (Phi) is 19.3. The molecular weight excluding hydrogens is 1330 g/mol. The zero-order valence-corrected chi connectivity index (χ0v) is 52.7. The standard InChI is InChI=1S/2C18H14N4O4.C17H13FN2O4.C15H9ClF3N3O2/c1-25-14-9-5-3-7-12(14)17-19-15(21-26-17)10-22-13-8-4-2-6-11(13)16(20-24)18(22)23;1-25-12-8-6-11(7-9-12)17-19-15(21-26-17)10-22-14-5-3-2-4-13(14)16(20-24)18(22)23;18-12-5-10(16-11(6-12)8-23-9-24-16)7-20-14-4-2-1-3-13(14)15(19-22)17(20)21;16-10-5-8(15(17,18)19)6-20-11(10)7-22-12-4-2-1-3-9(12)13(21-24)14(22)23/h2*2-9,23H,10H2,1H3;1-6,21H,7-9H2;1-6,23H,7H2. The largest absolute Gasteiger partial charge is 0.497 e. The van der Waals surface area contributed by atoms with Gasteiger partial charge in [-0.15, -0.1) is 19.6 Å². The van der Waals surface area contributed by atoms with E-state index in [1.807, 2.05) is 42.5 Å². The molecule has 506 valence electrons. The van der Waals surface area contributed by atoms with Gasteiger partial charge < -0.3 is 66.7 Å². The summed E-state index contributed by atoms with van der Waals surface area (Å²) in [5, 5.41) is 62.6. The molecule has 27 nitrogen and oxygen atoms in total. The molecule has 0 amide bonds. The Labute approximate surface area is 564 Å². The zero-order valence-electron chi connectivity index (χ0n) is 52.0.